The number of unbranched alkanes of at least 4 members (excludes halogenated alkanes) is 1. The fraction of sp³-hybridized carbons (Fsp3) is 0.429. The zero-order valence-electron chi connectivity index (χ0n) is 16.2. The van der Waals surface area contributed by atoms with Crippen molar-refractivity contribution < 1.29 is 13.2 Å². The van der Waals surface area contributed by atoms with E-state index in [2.05, 4.69) is 23.5 Å². The molecular weight excluding hydrogens is 360 g/mol. The molecular formula is C21H28N2O3S. The molecule has 1 aliphatic heterocycles. The highest BCUT2D eigenvalue weighted by molar-refractivity contribution is 7.89. The molecule has 1 aliphatic rings. The number of nitrogens with zero attached hydrogens (tertiary/aromatic N) is 1. The molecule has 2 aromatic carbocycles. The number of para-hydroxylation sites is 1. The minimum absolute atomic E-state index is 0.262. The normalized spacial score (nSPS) is 21.4. The van der Waals surface area contributed by atoms with Gasteiger partial charge in [-0.2, -0.15) is 0 Å². The van der Waals surface area contributed by atoms with Crippen molar-refractivity contribution in [1.29, 1.82) is 0 Å². The fourth-order valence-corrected chi connectivity index (χ4v) is 5.38. The highest BCUT2D eigenvalue weighted by Crippen LogP contribution is 2.40. The Kier molecular flexibility index (Phi) is 5.77. The van der Waals surface area contributed by atoms with Gasteiger partial charge in [0.25, 0.3) is 0 Å². The SMILES string of the molecule is CCCCC1(CC)CN(c2ccccc2)c2ccc(OC)cc2S(=O)(=O)N1. The average Bonchev–Trinajstić information content (AvgIpc) is 2.79. The summed E-state index contributed by atoms with van der Waals surface area (Å²) in [7, 11) is -2.13. The lowest BCUT2D eigenvalue weighted by molar-refractivity contribution is 0.341. The number of fused-ring (bicyclic) bond motifs is 1. The van der Waals surface area contributed by atoms with Crippen LogP contribution in [0.15, 0.2) is 53.4 Å². The van der Waals surface area contributed by atoms with Gasteiger partial charge in [-0.3, -0.25) is 0 Å². The largest absolute Gasteiger partial charge is 0.497 e. The molecule has 0 fully saturated rings. The average molecular weight is 389 g/mol. The number of methoxy groups -OCH3 is 1. The molecule has 0 saturated heterocycles. The van der Waals surface area contributed by atoms with E-state index in [1.54, 1.807) is 13.2 Å². The fourth-order valence-electron chi connectivity index (χ4n) is 3.66. The van der Waals surface area contributed by atoms with Crippen molar-refractivity contribution in [3.05, 3.63) is 48.5 Å². The predicted octanol–water partition coefficient (Wildman–Crippen LogP) is 4.46. The Labute approximate surface area is 162 Å². The van der Waals surface area contributed by atoms with Crippen LogP contribution in [0, 0.1) is 0 Å². The number of hydrogen-bond acceptors (Lipinski definition) is 4. The number of hydrogen-bond donors (Lipinski definition) is 1. The highest BCUT2D eigenvalue weighted by Gasteiger charge is 2.40. The van der Waals surface area contributed by atoms with Crippen molar-refractivity contribution >= 4 is 21.4 Å². The lowest BCUT2D eigenvalue weighted by Gasteiger charge is -2.36. The second-order valence-electron chi connectivity index (χ2n) is 7.10. The van der Waals surface area contributed by atoms with E-state index in [0.29, 0.717) is 18.0 Å². The zero-order chi connectivity index (χ0) is 19.5. The molecule has 0 spiro atoms. The van der Waals surface area contributed by atoms with Crippen LogP contribution in [-0.2, 0) is 10.0 Å². The second-order valence-corrected chi connectivity index (χ2v) is 8.75. The van der Waals surface area contributed by atoms with E-state index in [9.17, 15) is 8.42 Å². The van der Waals surface area contributed by atoms with Crippen molar-refractivity contribution in [3.8, 4) is 5.75 Å². The third-order valence-electron chi connectivity index (χ3n) is 5.31. The number of rotatable bonds is 6. The first-order chi connectivity index (χ1) is 12.9. The Bertz CT molecular complexity index is 884. The molecule has 1 unspecified atom stereocenters. The van der Waals surface area contributed by atoms with Gasteiger partial charge < -0.3 is 9.64 Å². The van der Waals surface area contributed by atoms with Crippen LogP contribution in [0.4, 0.5) is 11.4 Å². The van der Waals surface area contributed by atoms with Gasteiger partial charge in [-0.25, -0.2) is 13.1 Å². The summed E-state index contributed by atoms with van der Waals surface area (Å²) in [5.74, 6) is 0.532. The standard InChI is InChI=1S/C21H28N2O3S/c1-4-6-14-21(5-2)16-23(17-10-8-7-9-11-17)19-13-12-18(26-3)15-20(19)27(24,25)22-21/h7-13,15,22H,4-6,14,16H2,1-3H3. The Balaban J connectivity index is 2.20. The van der Waals surface area contributed by atoms with Crippen LogP contribution in [0.5, 0.6) is 5.75 Å². The van der Waals surface area contributed by atoms with Crippen LogP contribution in [0.25, 0.3) is 0 Å². The van der Waals surface area contributed by atoms with E-state index in [1.165, 1.54) is 0 Å². The Morgan fingerprint density at radius 2 is 1.89 bits per heavy atom. The number of sulfonamides is 1. The molecule has 1 N–H and O–H groups in total. The van der Waals surface area contributed by atoms with Crippen molar-refractivity contribution in [2.45, 2.75) is 50.0 Å². The van der Waals surface area contributed by atoms with Crippen LogP contribution in [0.3, 0.4) is 0 Å². The van der Waals surface area contributed by atoms with Crippen LogP contribution < -0.4 is 14.4 Å². The lowest BCUT2D eigenvalue weighted by atomic mass is 9.90. The summed E-state index contributed by atoms with van der Waals surface area (Å²) < 4.78 is 34.9. The summed E-state index contributed by atoms with van der Waals surface area (Å²) in [6.45, 7) is 4.77. The monoisotopic (exact) mass is 388 g/mol. The summed E-state index contributed by atoms with van der Waals surface area (Å²) in [5.41, 5.74) is 1.15. The highest BCUT2D eigenvalue weighted by atomic mass is 32.2. The van der Waals surface area contributed by atoms with Crippen LogP contribution in [0.1, 0.15) is 39.5 Å². The third-order valence-corrected chi connectivity index (χ3v) is 6.92. The minimum atomic E-state index is -3.67. The maximum absolute atomic E-state index is 13.3. The van der Waals surface area contributed by atoms with E-state index < -0.39 is 15.6 Å². The third kappa shape index (κ3) is 3.96. The van der Waals surface area contributed by atoms with E-state index in [0.717, 1.165) is 31.4 Å². The first kappa shape index (κ1) is 19.7. The van der Waals surface area contributed by atoms with E-state index in [4.69, 9.17) is 4.74 Å². The van der Waals surface area contributed by atoms with Crippen molar-refractivity contribution in [2.24, 2.45) is 0 Å². The van der Waals surface area contributed by atoms with Gasteiger partial charge in [-0.15, -0.1) is 0 Å². The quantitative estimate of drug-likeness (QED) is 0.793. The molecule has 3 rings (SSSR count). The van der Waals surface area contributed by atoms with Crippen LogP contribution in [-0.4, -0.2) is 27.6 Å². The molecule has 6 heteroatoms. The molecule has 0 saturated carbocycles. The molecule has 2 aromatic rings. The molecule has 0 aromatic heterocycles. The van der Waals surface area contributed by atoms with E-state index >= 15 is 0 Å². The van der Waals surface area contributed by atoms with E-state index in [1.807, 2.05) is 42.5 Å². The molecule has 5 nitrogen and oxygen atoms in total. The van der Waals surface area contributed by atoms with Gasteiger partial charge in [0.15, 0.2) is 0 Å². The summed E-state index contributed by atoms with van der Waals surface area (Å²) in [5, 5.41) is 0. The Morgan fingerprint density at radius 3 is 2.52 bits per heavy atom. The zero-order valence-corrected chi connectivity index (χ0v) is 17.1. The first-order valence-corrected chi connectivity index (χ1v) is 11.0. The number of anilines is 2. The van der Waals surface area contributed by atoms with Gasteiger partial charge in [-0.1, -0.05) is 44.9 Å². The molecule has 0 aliphatic carbocycles. The van der Waals surface area contributed by atoms with Gasteiger partial charge in [0.1, 0.15) is 10.6 Å². The second kappa shape index (κ2) is 7.90. The summed E-state index contributed by atoms with van der Waals surface area (Å²) >= 11 is 0. The smallest absolute Gasteiger partial charge is 0.243 e. The summed E-state index contributed by atoms with van der Waals surface area (Å²) in [6, 6.07) is 15.2. The molecule has 0 amide bonds. The molecule has 1 atom stereocenters. The van der Waals surface area contributed by atoms with Gasteiger partial charge in [0, 0.05) is 18.3 Å². The van der Waals surface area contributed by atoms with Gasteiger partial charge in [0.05, 0.1) is 18.3 Å². The van der Waals surface area contributed by atoms with E-state index in [-0.39, 0.29) is 4.90 Å². The summed E-state index contributed by atoms with van der Waals surface area (Å²) in [4.78, 5) is 2.38. The molecule has 146 valence electrons. The molecule has 1 heterocycles. The van der Waals surface area contributed by atoms with Gasteiger partial charge >= 0.3 is 0 Å². The summed E-state index contributed by atoms with van der Waals surface area (Å²) in [6.07, 6.45) is 3.52. The predicted molar refractivity (Wildman–Crippen MR) is 109 cm³/mol. The number of ether oxygens (including phenoxy) is 1. The van der Waals surface area contributed by atoms with Gasteiger partial charge in [0.2, 0.25) is 10.0 Å². The Morgan fingerprint density at radius 1 is 1.15 bits per heavy atom. The van der Waals surface area contributed by atoms with Crippen LogP contribution >= 0.6 is 0 Å². The maximum atomic E-state index is 13.3. The first-order valence-electron chi connectivity index (χ1n) is 9.49. The van der Waals surface area contributed by atoms with Crippen molar-refractivity contribution in [2.75, 3.05) is 18.6 Å². The molecule has 27 heavy (non-hydrogen) atoms. The van der Waals surface area contributed by atoms with Crippen LogP contribution in [0.2, 0.25) is 0 Å². The maximum Gasteiger partial charge on any atom is 0.243 e. The van der Waals surface area contributed by atoms with Crippen molar-refractivity contribution in [3.63, 3.8) is 0 Å². The topological polar surface area (TPSA) is 58.6 Å². The molecule has 0 radical (unpaired) electrons. The van der Waals surface area contributed by atoms with Gasteiger partial charge in [-0.05, 0) is 37.1 Å². The minimum Gasteiger partial charge on any atom is -0.497 e. The molecule has 0 bridgehead atoms. The lowest BCUT2D eigenvalue weighted by Crippen LogP contribution is -2.52. The van der Waals surface area contributed by atoms with Crippen molar-refractivity contribution in [1.82, 2.24) is 4.72 Å². The number of benzene rings is 2. The Hall–Kier alpha value is -2.05. The number of nitrogens with one attached hydrogen (secondary N) is 1.